The number of likely N-dealkylation sites (tertiary alicyclic amines) is 1. The van der Waals surface area contributed by atoms with Gasteiger partial charge in [0, 0.05) is 13.1 Å². The molecule has 2 atom stereocenters. The first-order valence-electron chi connectivity index (χ1n) is 7.09. The molecule has 2 amide bonds. The van der Waals surface area contributed by atoms with Crippen molar-refractivity contribution in [3.05, 3.63) is 35.9 Å². The third-order valence-corrected chi connectivity index (χ3v) is 3.79. The maximum Gasteiger partial charge on any atom is 0.410 e. The van der Waals surface area contributed by atoms with E-state index in [-0.39, 0.29) is 37.4 Å². The van der Waals surface area contributed by atoms with Crippen molar-refractivity contribution in [2.24, 2.45) is 0 Å². The van der Waals surface area contributed by atoms with Gasteiger partial charge in [0.15, 0.2) is 0 Å². The highest BCUT2D eigenvalue weighted by atomic mass is 16.6. The quantitative estimate of drug-likeness (QED) is 0.879. The van der Waals surface area contributed by atoms with Crippen molar-refractivity contribution in [1.29, 1.82) is 0 Å². The predicted octanol–water partition coefficient (Wildman–Crippen LogP) is 0.913. The number of carbonyl (C=O) groups is 2. The van der Waals surface area contributed by atoms with Crippen LogP contribution in [0.5, 0.6) is 0 Å². The Kier molecular flexibility index (Phi) is 4.06. The summed E-state index contributed by atoms with van der Waals surface area (Å²) in [6.07, 6.45) is 0.365. The van der Waals surface area contributed by atoms with Crippen LogP contribution < -0.4 is 5.32 Å². The van der Waals surface area contributed by atoms with E-state index in [4.69, 9.17) is 9.47 Å². The molecule has 3 rings (SSSR count). The molecule has 2 aliphatic heterocycles. The zero-order chi connectivity index (χ0) is 14.7. The molecule has 6 heteroatoms. The van der Waals surface area contributed by atoms with Crippen LogP contribution in [0.2, 0.25) is 0 Å². The molecule has 0 radical (unpaired) electrons. The monoisotopic (exact) mass is 290 g/mol. The van der Waals surface area contributed by atoms with E-state index in [0.29, 0.717) is 19.5 Å². The van der Waals surface area contributed by atoms with Crippen LogP contribution in [0, 0.1) is 0 Å². The SMILES string of the molecule is O=C1CO[C@H]2CCN(C(=O)OCc3ccccc3)C[C@@H]2N1. The van der Waals surface area contributed by atoms with Crippen LogP contribution in [0.4, 0.5) is 4.79 Å². The summed E-state index contributed by atoms with van der Waals surface area (Å²) in [7, 11) is 0. The van der Waals surface area contributed by atoms with Crippen molar-refractivity contribution in [2.75, 3.05) is 19.7 Å². The molecule has 112 valence electrons. The predicted molar refractivity (Wildman–Crippen MR) is 74.5 cm³/mol. The van der Waals surface area contributed by atoms with E-state index >= 15 is 0 Å². The van der Waals surface area contributed by atoms with Crippen LogP contribution >= 0.6 is 0 Å². The molecule has 21 heavy (non-hydrogen) atoms. The van der Waals surface area contributed by atoms with Gasteiger partial charge in [-0.25, -0.2) is 4.79 Å². The van der Waals surface area contributed by atoms with Crippen LogP contribution in [0.25, 0.3) is 0 Å². The average molecular weight is 290 g/mol. The van der Waals surface area contributed by atoms with E-state index in [2.05, 4.69) is 5.32 Å². The molecule has 6 nitrogen and oxygen atoms in total. The Morgan fingerprint density at radius 1 is 1.38 bits per heavy atom. The Labute approximate surface area is 123 Å². The van der Waals surface area contributed by atoms with Crippen LogP contribution in [-0.2, 0) is 20.9 Å². The van der Waals surface area contributed by atoms with Crippen LogP contribution in [-0.4, -0.2) is 48.7 Å². The molecule has 0 saturated carbocycles. The number of fused-ring (bicyclic) bond motifs is 1. The maximum absolute atomic E-state index is 12.1. The summed E-state index contributed by atoms with van der Waals surface area (Å²) in [5.74, 6) is -0.129. The van der Waals surface area contributed by atoms with E-state index < -0.39 is 0 Å². The zero-order valence-corrected chi connectivity index (χ0v) is 11.7. The standard InChI is InChI=1S/C15H18N2O4/c18-14-10-20-13-6-7-17(8-12(13)16-14)15(19)21-9-11-4-2-1-3-5-11/h1-5,12-13H,6-10H2,(H,16,18)/t12-,13-/m0/s1. The molecule has 2 fully saturated rings. The molecule has 1 N–H and O–H groups in total. The molecule has 2 heterocycles. The summed E-state index contributed by atoms with van der Waals surface area (Å²) in [6, 6.07) is 9.42. The van der Waals surface area contributed by atoms with Gasteiger partial charge in [-0.15, -0.1) is 0 Å². The van der Waals surface area contributed by atoms with Gasteiger partial charge in [-0.05, 0) is 12.0 Å². The first-order chi connectivity index (χ1) is 10.2. The number of morpholine rings is 1. The number of nitrogens with zero attached hydrogens (tertiary/aromatic N) is 1. The molecule has 0 aromatic heterocycles. The number of hydrogen-bond acceptors (Lipinski definition) is 4. The van der Waals surface area contributed by atoms with Gasteiger partial charge in [-0.3, -0.25) is 4.79 Å². The van der Waals surface area contributed by atoms with Crippen LogP contribution in [0.3, 0.4) is 0 Å². The van der Waals surface area contributed by atoms with Crippen molar-refractivity contribution in [1.82, 2.24) is 10.2 Å². The molecular formula is C15H18N2O4. The van der Waals surface area contributed by atoms with Crippen molar-refractivity contribution in [3.8, 4) is 0 Å². The first-order valence-corrected chi connectivity index (χ1v) is 7.09. The number of ether oxygens (including phenoxy) is 2. The Morgan fingerprint density at radius 2 is 2.19 bits per heavy atom. The fourth-order valence-corrected chi connectivity index (χ4v) is 2.68. The fraction of sp³-hybridized carbons (Fsp3) is 0.467. The summed E-state index contributed by atoms with van der Waals surface area (Å²) in [5.41, 5.74) is 0.954. The Bertz CT molecular complexity index is 520. The molecule has 0 spiro atoms. The minimum Gasteiger partial charge on any atom is -0.445 e. The van der Waals surface area contributed by atoms with Crippen molar-refractivity contribution < 1.29 is 19.1 Å². The van der Waals surface area contributed by atoms with Gasteiger partial charge in [0.1, 0.15) is 13.2 Å². The highest BCUT2D eigenvalue weighted by Gasteiger charge is 2.36. The minimum atomic E-state index is -0.350. The third-order valence-electron chi connectivity index (χ3n) is 3.79. The van der Waals surface area contributed by atoms with Gasteiger partial charge in [0.05, 0.1) is 12.1 Å². The molecule has 1 aromatic rings. The summed E-state index contributed by atoms with van der Waals surface area (Å²) < 4.78 is 10.8. The topological polar surface area (TPSA) is 67.9 Å². The second-order valence-electron chi connectivity index (χ2n) is 5.30. The van der Waals surface area contributed by atoms with E-state index in [1.165, 1.54) is 0 Å². The summed E-state index contributed by atoms with van der Waals surface area (Å²) >= 11 is 0. The van der Waals surface area contributed by atoms with Gasteiger partial charge in [-0.1, -0.05) is 30.3 Å². The van der Waals surface area contributed by atoms with E-state index in [9.17, 15) is 9.59 Å². The number of benzene rings is 1. The molecule has 2 aliphatic rings. The van der Waals surface area contributed by atoms with Gasteiger partial charge >= 0.3 is 6.09 Å². The number of piperidine rings is 1. The lowest BCUT2D eigenvalue weighted by Gasteiger charge is -2.40. The second kappa shape index (κ2) is 6.13. The largest absolute Gasteiger partial charge is 0.445 e. The van der Waals surface area contributed by atoms with Gasteiger partial charge in [0.2, 0.25) is 5.91 Å². The molecular weight excluding hydrogens is 272 g/mol. The van der Waals surface area contributed by atoms with Crippen molar-refractivity contribution in [3.63, 3.8) is 0 Å². The Balaban J connectivity index is 1.52. The normalized spacial score (nSPS) is 25.0. The lowest BCUT2D eigenvalue weighted by atomic mass is 10.0. The summed E-state index contributed by atoms with van der Waals surface area (Å²) in [6.45, 7) is 1.39. The van der Waals surface area contributed by atoms with Crippen molar-refractivity contribution in [2.45, 2.75) is 25.2 Å². The summed E-state index contributed by atoms with van der Waals surface area (Å²) in [5, 5.41) is 2.86. The zero-order valence-electron chi connectivity index (χ0n) is 11.7. The highest BCUT2D eigenvalue weighted by Crippen LogP contribution is 2.18. The minimum absolute atomic E-state index is 0.000809. The highest BCUT2D eigenvalue weighted by molar-refractivity contribution is 5.78. The first kappa shape index (κ1) is 13.9. The molecule has 0 aliphatic carbocycles. The number of nitrogens with one attached hydrogen (secondary N) is 1. The molecule has 0 unspecified atom stereocenters. The van der Waals surface area contributed by atoms with Gasteiger partial charge in [0.25, 0.3) is 0 Å². The average Bonchev–Trinajstić information content (AvgIpc) is 2.53. The van der Waals surface area contributed by atoms with E-state index in [1.54, 1.807) is 4.90 Å². The Morgan fingerprint density at radius 3 is 3.00 bits per heavy atom. The lowest BCUT2D eigenvalue weighted by molar-refractivity contribution is -0.140. The lowest BCUT2D eigenvalue weighted by Crippen LogP contribution is -2.61. The maximum atomic E-state index is 12.1. The second-order valence-corrected chi connectivity index (χ2v) is 5.30. The summed E-state index contributed by atoms with van der Waals surface area (Å²) in [4.78, 5) is 25.0. The smallest absolute Gasteiger partial charge is 0.410 e. The third kappa shape index (κ3) is 3.33. The van der Waals surface area contributed by atoms with Crippen LogP contribution in [0.1, 0.15) is 12.0 Å². The van der Waals surface area contributed by atoms with Gasteiger partial charge in [-0.2, -0.15) is 0 Å². The van der Waals surface area contributed by atoms with E-state index in [1.807, 2.05) is 30.3 Å². The van der Waals surface area contributed by atoms with E-state index in [0.717, 1.165) is 5.56 Å². The molecule has 0 bridgehead atoms. The molecule has 2 saturated heterocycles. The number of carbonyl (C=O) groups excluding carboxylic acids is 2. The number of amides is 2. The number of hydrogen-bond donors (Lipinski definition) is 1. The van der Waals surface area contributed by atoms with Crippen LogP contribution in [0.15, 0.2) is 30.3 Å². The van der Waals surface area contributed by atoms with Gasteiger partial charge < -0.3 is 19.7 Å². The molecule has 1 aromatic carbocycles. The number of rotatable bonds is 2. The fourth-order valence-electron chi connectivity index (χ4n) is 2.68. The Hall–Kier alpha value is -2.08. The van der Waals surface area contributed by atoms with Crippen molar-refractivity contribution >= 4 is 12.0 Å².